The fraction of sp³-hybridized carbons (Fsp3) is 0.364. The first kappa shape index (κ1) is 19.1. The second-order valence-electron chi connectivity index (χ2n) is 7.31. The Morgan fingerprint density at radius 1 is 1.17 bits per heavy atom. The highest BCUT2D eigenvalue weighted by molar-refractivity contribution is 5.95. The maximum absolute atomic E-state index is 13.0. The van der Waals surface area contributed by atoms with E-state index in [4.69, 9.17) is 0 Å². The third-order valence-electron chi connectivity index (χ3n) is 5.29. The highest BCUT2D eigenvalue weighted by atomic mass is 16.1. The molecule has 29 heavy (non-hydrogen) atoms. The Hall–Kier alpha value is -3.22. The minimum Gasteiger partial charge on any atom is -0.347 e. The average Bonchev–Trinajstić information content (AvgIpc) is 3.18. The number of rotatable bonds is 6. The lowest BCUT2D eigenvalue weighted by molar-refractivity contribution is 0.0932. The zero-order chi connectivity index (χ0) is 20.1. The van der Waals surface area contributed by atoms with Gasteiger partial charge < -0.3 is 10.2 Å². The van der Waals surface area contributed by atoms with Crippen molar-refractivity contribution in [2.45, 2.75) is 38.8 Å². The Bertz CT molecular complexity index is 940. The molecule has 7 heteroatoms. The van der Waals surface area contributed by atoms with E-state index in [0.717, 1.165) is 44.0 Å². The van der Waals surface area contributed by atoms with Crippen LogP contribution in [0.1, 0.15) is 41.4 Å². The fourth-order valence-electron chi connectivity index (χ4n) is 3.86. The molecule has 1 saturated heterocycles. The van der Waals surface area contributed by atoms with Gasteiger partial charge in [0.2, 0.25) is 5.95 Å². The summed E-state index contributed by atoms with van der Waals surface area (Å²) in [6, 6.07) is 12.1. The monoisotopic (exact) mass is 390 g/mol. The molecule has 0 saturated carbocycles. The van der Waals surface area contributed by atoms with E-state index < -0.39 is 0 Å². The standard InChI is InChI=1S/C22H26N6O/c1-2-20-19(14-25-28(20)15-17-8-4-3-5-9-17)21(29)26-18-10-6-13-27(16-18)22-23-11-7-12-24-22/h3-5,7-9,11-12,14,18H,2,6,10,13,15-16H2,1H3,(H,26,29). The van der Waals surface area contributed by atoms with Crippen LogP contribution in [-0.2, 0) is 13.0 Å². The summed E-state index contributed by atoms with van der Waals surface area (Å²) in [5.74, 6) is 0.665. The smallest absolute Gasteiger partial charge is 0.255 e. The van der Waals surface area contributed by atoms with Crippen molar-refractivity contribution >= 4 is 11.9 Å². The average molecular weight is 390 g/mol. The van der Waals surface area contributed by atoms with Gasteiger partial charge in [-0.15, -0.1) is 0 Å². The summed E-state index contributed by atoms with van der Waals surface area (Å²) < 4.78 is 1.93. The zero-order valence-corrected chi connectivity index (χ0v) is 16.7. The van der Waals surface area contributed by atoms with Crippen molar-refractivity contribution in [3.05, 3.63) is 71.8 Å². The molecule has 1 atom stereocenters. The Kier molecular flexibility index (Phi) is 5.84. The van der Waals surface area contributed by atoms with Crippen LogP contribution in [0.5, 0.6) is 0 Å². The molecule has 1 amide bonds. The fourth-order valence-corrected chi connectivity index (χ4v) is 3.86. The van der Waals surface area contributed by atoms with Crippen LogP contribution in [0.3, 0.4) is 0 Å². The third kappa shape index (κ3) is 4.45. The third-order valence-corrected chi connectivity index (χ3v) is 5.29. The molecule has 1 fully saturated rings. The molecule has 1 N–H and O–H groups in total. The van der Waals surface area contributed by atoms with Crippen LogP contribution in [0.4, 0.5) is 5.95 Å². The highest BCUT2D eigenvalue weighted by Crippen LogP contribution is 2.17. The van der Waals surface area contributed by atoms with Crippen LogP contribution in [0.25, 0.3) is 0 Å². The van der Waals surface area contributed by atoms with Crippen molar-refractivity contribution in [1.29, 1.82) is 0 Å². The second kappa shape index (κ2) is 8.86. The van der Waals surface area contributed by atoms with Gasteiger partial charge in [-0.05, 0) is 30.9 Å². The molecule has 3 heterocycles. The first-order valence-corrected chi connectivity index (χ1v) is 10.2. The predicted molar refractivity (Wildman–Crippen MR) is 112 cm³/mol. The van der Waals surface area contributed by atoms with Gasteiger partial charge in [0, 0.05) is 31.5 Å². The Labute approximate surface area is 170 Å². The van der Waals surface area contributed by atoms with Gasteiger partial charge in [0.25, 0.3) is 5.91 Å². The van der Waals surface area contributed by atoms with E-state index in [2.05, 4.69) is 44.3 Å². The molecule has 4 rings (SSSR count). The number of piperidine rings is 1. The molecule has 0 radical (unpaired) electrons. The molecular weight excluding hydrogens is 364 g/mol. The summed E-state index contributed by atoms with van der Waals surface area (Å²) in [7, 11) is 0. The predicted octanol–water partition coefficient (Wildman–Crippen LogP) is 2.68. The van der Waals surface area contributed by atoms with Crippen LogP contribution in [0.15, 0.2) is 55.0 Å². The maximum atomic E-state index is 13.0. The van der Waals surface area contributed by atoms with Gasteiger partial charge in [-0.2, -0.15) is 5.10 Å². The molecule has 1 unspecified atom stereocenters. The minimum atomic E-state index is -0.0537. The summed E-state index contributed by atoms with van der Waals surface area (Å²) in [6.45, 7) is 4.35. The van der Waals surface area contributed by atoms with Gasteiger partial charge in [-0.1, -0.05) is 37.3 Å². The number of benzene rings is 1. The summed E-state index contributed by atoms with van der Waals surface area (Å²) >= 11 is 0. The minimum absolute atomic E-state index is 0.0537. The SMILES string of the molecule is CCc1c(C(=O)NC2CCCN(c3ncccn3)C2)cnn1Cc1ccccc1. The summed E-state index contributed by atoms with van der Waals surface area (Å²) in [6.07, 6.45) is 7.90. The number of carbonyl (C=O) groups excluding carboxylic acids is 1. The van der Waals surface area contributed by atoms with Crippen molar-refractivity contribution in [1.82, 2.24) is 25.1 Å². The summed E-state index contributed by atoms with van der Waals surface area (Å²) in [4.78, 5) is 23.8. The normalized spacial score (nSPS) is 16.6. The number of anilines is 1. The van der Waals surface area contributed by atoms with Crippen molar-refractivity contribution in [3.8, 4) is 0 Å². The van der Waals surface area contributed by atoms with Crippen LogP contribution < -0.4 is 10.2 Å². The van der Waals surface area contributed by atoms with Crippen molar-refractivity contribution in [2.24, 2.45) is 0 Å². The number of amides is 1. The van der Waals surface area contributed by atoms with E-state index in [1.807, 2.05) is 28.9 Å². The van der Waals surface area contributed by atoms with Crippen LogP contribution >= 0.6 is 0 Å². The van der Waals surface area contributed by atoms with E-state index >= 15 is 0 Å². The highest BCUT2D eigenvalue weighted by Gasteiger charge is 2.25. The van der Waals surface area contributed by atoms with E-state index in [1.54, 1.807) is 18.6 Å². The molecule has 2 aromatic heterocycles. The van der Waals surface area contributed by atoms with E-state index in [-0.39, 0.29) is 11.9 Å². The molecule has 0 bridgehead atoms. The number of aromatic nitrogens is 4. The molecule has 1 aliphatic heterocycles. The molecule has 0 aliphatic carbocycles. The molecular formula is C22H26N6O. The molecule has 1 aromatic carbocycles. The maximum Gasteiger partial charge on any atom is 0.255 e. The Morgan fingerprint density at radius 3 is 2.72 bits per heavy atom. The number of hydrogen-bond acceptors (Lipinski definition) is 5. The Balaban J connectivity index is 1.44. The van der Waals surface area contributed by atoms with Gasteiger partial charge in [0.05, 0.1) is 24.0 Å². The quantitative estimate of drug-likeness (QED) is 0.700. The van der Waals surface area contributed by atoms with E-state index in [0.29, 0.717) is 12.1 Å². The molecule has 0 spiro atoms. The topological polar surface area (TPSA) is 75.9 Å². The lowest BCUT2D eigenvalue weighted by Gasteiger charge is -2.33. The first-order valence-electron chi connectivity index (χ1n) is 10.2. The largest absolute Gasteiger partial charge is 0.347 e. The van der Waals surface area contributed by atoms with Crippen molar-refractivity contribution < 1.29 is 4.79 Å². The van der Waals surface area contributed by atoms with Crippen LogP contribution in [0, 0.1) is 0 Å². The van der Waals surface area contributed by atoms with Gasteiger partial charge in [0.1, 0.15) is 0 Å². The van der Waals surface area contributed by atoms with Crippen LogP contribution in [0.2, 0.25) is 0 Å². The first-order chi connectivity index (χ1) is 14.2. The number of nitrogens with one attached hydrogen (secondary N) is 1. The van der Waals surface area contributed by atoms with Crippen LogP contribution in [-0.4, -0.2) is 44.8 Å². The number of carbonyl (C=O) groups is 1. The molecule has 3 aromatic rings. The second-order valence-corrected chi connectivity index (χ2v) is 7.31. The molecule has 1 aliphatic rings. The molecule has 150 valence electrons. The van der Waals surface area contributed by atoms with E-state index in [1.165, 1.54) is 5.56 Å². The van der Waals surface area contributed by atoms with Gasteiger partial charge in [0.15, 0.2) is 0 Å². The lowest BCUT2D eigenvalue weighted by Crippen LogP contribution is -2.48. The summed E-state index contributed by atoms with van der Waals surface area (Å²) in [5.41, 5.74) is 2.80. The number of nitrogens with zero attached hydrogens (tertiary/aromatic N) is 5. The van der Waals surface area contributed by atoms with Crippen molar-refractivity contribution in [2.75, 3.05) is 18.0 Å². The zero-order valence-electron chi connectivity index (χ0n) is 16.7. The van der Waals surface area contributed by atoms with E-state index in [9.17, 15) is 4.79 Å². The summed E-state index contributed by atoms with van der Waals surface area (Å²) in [5, 5.41) is 7.68. The van der Waals surface area contributed by atoms with Gasteiger partial charge in [-0.25, -0.2) is 9.97 Å². The van der Waals surface area contributed by atoms with Gasteiger partial charge in [-0.3, -0.25) is 9.48 Å². The van der Waals surface area contributed by atoms with Crippen molar-refractivity contribution in [3.63, 3.8) is 0 Å². The molecule has 7 nitrogen and oxygen atoms in total. The Morgan fingerprint density at radius 2 is 1.97 bits per heavy atom. The number of hydrogen-bond donors (Lipinski definition) is 1. The lowest BCUT2D eigenvalue weighted by atomic mass is 10.1. The van der Waals surface area contributed by atoms with Gasteiger partial charge >= 0.3 is 0 Å².